The molecule has 0 aromatic heterocycles. The molecule has 0 aliphatic rings. The van der Waals surface area contributed by atoms with E-state index >= 15 is 0 Å². The fraction of sp³-hybridized carbons (Fsp3) is 0.125. The third kappa shape index (κ3) is 2.35. The van der Waals surface area contributed by atoms with Crippen LogP contribution in [0.4, 0.5) is 5.69 Å². The predicted molar refractivity (Wildman–Crippen MR) is 60.9 cm³/mol. The van der Waals surface area contributed by atoms with Gasteiger partial charge in [-0.1, -0.05) is 0 Å². The average Bonchev–Trinajstić information content (AvgIpc) is 2.16. The van der Waals surface area contributed by atoms with Crippen molar-refractivity contribution in [3.63, 3.8) is 0 Å². The van der Waals surface area contributed by atoms with Crippen molar-refractivity contribution >= 4 is 34.2 Å². The van der Waals surface area contributed by atoms with E-state index in [4.69, 9.17) is 10.5 Å². The number of halogens is 1. The smallest absolute Gasteiger partial charge is 0.286 e. The van der Waals surface area contributed by atoms with Gasteiger partial charge in [0.2, 0.25) is 0 Å². The van der Waals surface area contributed by atoms with Crippen molar-refractivity contribution in [2.24, 2.45) is 5.73 Å². The van der Waals surface area contributed by atoms with E-state index in [0.29, 0.717) is 3.57 Å². The van der Waals surface area contributed by atoms with Gasteiger partial charge in [-0.05, 0) is 28.7 Å². The molecule has 1 rings (SSSR count). The molecule has 0 bridgehead atoms. The number of carbonyl (C=O) groups excluding carboxylic acids is 1. The monoisotopic (exact) mass is 322 g/mol. The minimum Gasteiger partial charge on any atom is -0.496 e. The Morgan fingerprint density at radius 3 is 2.60 bits per heavy atom. The third-order valence-corrected chi connectivity index (χ3v) is 2.60. The molecular weight excluding hydrogens is 315 g/mol. The number of nitrogens with two attached hydrogens (primary N) is 1. The van der Waals surface area contributed by atoms with Crippen molar-refractivity contribution in [1.82, 2.24) is 0 Å². The van der Waals surface area contributed by atoms with Gasteiger partial charge in [-0.15, -0.1) is 0 Å². The Kier molecular flexibility index (Phi) is 3.45. The molecule has 0 radical (unpaired) electrons. The number of carbonyl (C=O) groups is 1. The van der Waals surface area contributed by atoms with E-state index in [1.54, 1.807) is 22.6 Å². The van der Waals surface area contributed by atoms with E-state index in [-0.39, 0.29) is 17.0 Å². The summed E-state index contributed by atoms with van der Waals surface area (Å²) >= 11 is 1.76. The third-order valence-electron chi connectivity index (χ3n) is 1.73. The maximum atomic E-state index is 11.0. The first-order valence-electron chi connectivity index (χ1n) is 3.79. The first-order valence-corrected chi connectivity index (χ1v) is 4.87. The number of hydrogen-bond donors (Lipinski definition) is 1. The van der Waals surface area contributed by atoms with Gasteiger partial charge in [0.05, 0.1) is 27.2 Å². The van der Waals surface area contributed by atoms with Crippen molar-refractivity contribution in [3.8, 4) is 5.75 Å². The SMILES string of the molecule is COc1cc([N+](=O)[O-])c(I)cc1C(N)=O. The Balaban J connectivity index is 3.42. The van der Waals surface area contributed by atoms with Gasteiger partial charge in [-0.3, -0.25) is 14.9 Å². The zero-order valence-corrected chi connectivity index (χ0v) is 9.85. The second kappa shape index (κ2) is 4.43. The summed E-state index contributed by atoms with van der Waals surface area (Å²) in [7, 11) is 1.32. The zero-order valence-electron chi connectivity index (χ0n) is 7.69. The number of ether oxygens (including phenoxy) is 1. The zero-order chi connectivity index (χ0) is 11.6. The van der Waals surface area contributed by atoms with E-state index in [1.165, 1.54) is 19.2 Å². The number of rotatable bonds is 3. The molecule has 1 aromatic rings. The van der Waals surface area contributed by atoms with Crippen LogP contribution in [0.1, 0.15) is 10.4 Å². The van der Waals surface area contributed by atoms with Crippen LogP contribution >= 0.6 is 22.6 Å². The molecule has 0 aliphatic heterocycles. The van der Waals surface area contributed by atoms with Crippen LogP contribution in [0.5, 0.6) is 5.75 Å². The van der Waals surface area contributed by atoms with Gasteiger partial charge in [0, 0.05) is 0 Å². The molecule has 80 valence electrons. The topological polar surface area (TPSA) is 95.5 Å². The summed E-state index contributed by atoms with van der Waals surface area (Å²) in [6, 6.07) is 2.52. The highest BCUT2D eigenvalue weighted by Gasteiger charge is 2.19. The van der Waals surface area contributed by atoms with E-state index in [1.807, 2.05) is 0 Å². The summed E-state index contributed by atoms with van der Waals surface area (Å²) in [4.78, 5) is 21.0. The van der Waals surface area contributed by atoms with Gasteiger partial charge < -0.3 is 10.5 Å². The van der Waals surface area contributed by atoms with Gasteiger partial charge >= 0.3 is 0 Å². The lowest BCUT2D eigenvalue weighted by molar-refractivity contribution is -0.385. The van der Waals surface area contributed by atoms with Crippen LogP contribution in [0.2, 0.25) is 0 Å². The molecule has 0 spiro atoms. The molecule has 1 aromatic carbocycles. The van der Waals surface area contributed by atoms with Crippen molar-refractivity contribution in [3.05, 3.63) is 31.4 Å². The Bertz CT molecular complexity index is 433. The minimum absolute atomic E-state index is 0.106. The van der Waals surface area contributed by atoms with E-state index in [0.717, 1.165) is 0 Å². The molecule has 2 N–H and O–H groups in total. The van der Waals surface area contributed by atoms with Crippen molar-refractivity contribution in [1.29, 1.82) is 0 Å². The largest absolute Gasteiger partial charge is 0.496 e. The van der Waals surface area contributed by atoms with Crippen LogP contribution in [0.25, 0.3) is 0 Å². The molecule has 1 amide bonds. The number of nitro groups is 1. The summed E-state index contributed by atoms with van der Waals surface area (Å²) in [6.07, 6.45) is 0. The van der Waals surface area contributed by atoms with Gasteiger partial charge in [0.1, 0.15) is 5.75 Å². The lowest BCUT2D eigenvalue weighted by Gasteiger charge is -2.06. The average molecular weight is 322 g/mol. The number of amides is 1. The van der Waals surface area contributed by atoms with Crippen LogP contribution in [0, 0.1) is 13.7 Å². The normalized spacial score (nSPS) is 9.73. The number of methoxy groups -OCH3 is 1. The number of nitro benzene ring substituents is 1. The maximum Gasteiger partial charge on any atom is 0.286 e. The Labute approximate surface area is 98.7 Å². The molecule has 0 fully saturated rings. The van der Waals surface area contributed by atoms with E-state index in [9.17, 15) is 14.9 Å². The van der Waals surface area contributed by atoms with Crippen LogP contribution in [0.15, 0.2) is 12.1 Å². The highest BCUT2D eigenvalue weighted by Crippen LogP contribution is 2.29. The number of nitrogens with zero attached hydrogens (tertiary/aromatic N) is 1. The van der Waals surface area contributed by atoms with Gasteiger partial charge in [0.15, 0.2) is 0 Å². The summed E-state index contributed by atoms with van der Waals surface area (Å²) in [6.45, 7) is 0. The van der Waals surface area contributed by atoms with Crippen LogP contribution in [-0.4, -0.2) is 17.9 Å². The highest BCUT2D eigenvalue weighted by atomic mass is 127. The molecule has 0 aliphatic carbocycles. The molecule has 6 nitrogen and oxygen atoms in total. The van der Waals surface area contributed by atoms with Gasteiger partial charge in [-0.2, -0.15) is 0 Å². The first-order chi connectivity index (χ1) is 6.97. The lowest BCUT2D eigenvalue weighted by Crippen LogP contribution is -2.13. The number of primary amides is 1. The molecule has 0 atom stereocenters. The van der Waals surface area contributed by atoms with Crippen LogP contribution < -0.4 is 10.5 Å². The summed E-state index contributed by atoms with van der Waals surface area (Å²) in [5, 5.41) is 10.6. The Morgan fingerprint density at radius 1 is 1.60 bits per heavy atom. The van der Waals surface area contributed by atoms with E-state index < -0.39 is 10.8 Å². The maximum absolute atomic E-state index is 11.0. The Morgan fingerprint density at radius 2 is 2.20 bits per heavy atom. The Hall–Kier alpha value is -1.38. The molecule has 0 saturated carbocycles. The second-order valence-corrected chi connectivity index (χ2v) is 3.79. The number of hydrogen-bond acceptors (Lipinski definition) is 4. The predicted octanol–water partition coefficient (Wildman–Crippen LogP) is 1.31. The lowest BCUT2D eigenvalue weighted by atomic mass is 10.1. The summed E-state index contributed by atoms with van der Waals surface area (Å²) in [5.41, 5.74) is 5.11. The van der Waals surface area contributed by atoms with Crippen molar-refractivity contribution < 1.29 is 14.5 Å². The van der Waals surface area contributed by atoms with Crippen LogP contribution in [-0.2, 0) is 0 Å². The summed E-state index contributed by atoms with van der Waals surface area (Å²) < 4.78 is 5.18. The highest BCUT2D eigenvalue weighted by molar-refractivity contribution is 14.1. The molecule has 0 saturated heterocycles. The fourth-order valence-electron chi connectivity index (χ4n) is 1.04. The standard InChI is InChI=1S/C8H7IN2O4/c1-15-7-3-6(11(13)14)5(9)2-4(7)8(10)12/h2-3H,1H3,(H2,10,12). The molecule has 15 heavy (non-hydrogen) atoms. The van der Waals surface area contributed by atoms with Crippen molar-refractivity contribution in [2.75, 3.05) is 7.11 Å². The molecule has 7 heteroatoms. The fourth-order valence-corrected chi connectivity index (χ4v) is 1.71. The van der Waals surface area contributed by atoms with Gasteiger partial charge in [0.25, 0.3) is 11.6 Å². The van der Waals surface area contributed by atoms with Gasteiger partial charge in [-0.25, -0.2) is 0 Å². The second-order valence-electron chi connectivity index (χ2n) is 2.63. The first kappa shape index (κ1) is 11.7. The van der Waals surface area contributed by atoms with Crippen LogP contribution in [0.3, 0.4) is 0 Å². The number of benzene rings is 1. The minimum atomic E-state index is -0.681. The molecular formula is C8H7IN2O4. The quantitative estimate of drug-likeness (QED) is 0.515. The molecule has 0 unspecified atom stereocenters. The molecule has 0 heterocycles. The van der Waals surface area contributed by atoms with Crippen molar-refractivity contribution in [2.45, 2.75) is 0 Å². The summed E-state index contributed by atoms with van der Waals surface area (Å²) in [5.74, 6) is -0.575. The van der Waals surface area contributed by atoms with E-state index in [2.05, 4.69) is 0 Å².